The van der Waals surface area contributed by atoms with Gasteiger partial charge in [0.2, 0.25) is 0 Å². The van der Waals surface area contributed by atoms with E-state index in [9.17, 15) is 0 Å². The highest BCUT2D eigenvalue weighted by molar-refractivity contribution is 5.37. The maximum Gasteiger partial charge on any atom is 0.00683 e. The van der Waals surface area contributed by atoms with Crippen LogP contribution in [0.3, 0.4) is 0 Å². The van der Waals surface area contributed by atoms with Gasteiger partial charge in [-0.25, -0.2) is 0 Å². The van der Waals surface area contributed by atoms with E-state index in [2.05, 4.69) is 45.1 Å². The fraction of sp³-hybridized carbons (Fsp3) is 0.647. The zero-order valence-electron chi connectivity index (χ0n) is 12.3. The van der Waals surface area contributed by atoms with E-state index < -0.39 is 0 Å². The Morgan fingerprint density at radius 2 is 1.78 bits per heavy atom. The molecule has 0 saturated heterocycles. The molecule has 1 nitrogen and oxygen atoms in total. The minimum Gasteiger partial charge on any atom is -0.314 e. The Hall–Kier alpha value is -0.820. The molecule has 0 bridgehead atoms. The molecule has 2 rings (SSSR count). The van der Waals surface area contributed by atoms with Crippen LogP contribution < -0.4 is 5.32 Å². The maximum absolute atomic E-state index is 3.63. The van der Waals surface area contributed by atoms with Gasteiger partial charge in [0, 0.05) is 6.04 Å². The molecule has 0 radical (unpaired) electrons. The van der Waals surface area contributed by atoms with Gasteiger partial charge in [-0.15, -0.1) is 0 Å². The molecule has 0 amide bonds. The van der Waals surface area contributed by atoms with Crippen molar-refractivity contribution in [3.8, 4) is 0 Å². The third-order valence-electron chi connectivity index (χ3n) is 4.06. The second-order valence-corrected chi connectivity index (χ2v) is 6.20. The van der Waals surface area contributed by atoms with E-state index in [0.717, 1.165) is 12.0 Å². The van der Waals surface area contributed by atoms with Crippen LogP contribution >= 0.6 is 0 Å². The monoisotopic (exact) mass is 245 g/mol. The fourth-order valence-electron chi connectivity index (χ4n) is 2.75. The van der Waals surface area contributed by atoms with Crippen molar-refractivity contribution in [3.05, 3.63) is 34.4 Å². The molecule has 0 aromatic heterocycles. The maximum atomic E-state index is 3.63. The lowest BCUT2D eigenvalue weighted by Gasteiger charge is -2.15. The van der Waals surface area contributed by atoms with E-state index >= 15 is 0 Å². The van der Waals surface area contributed by atoms with E-state index in [0.29, 0.717) is 0 Å². The lowest BCUT2D eigenvalue weighted by atomic mass is 9.93. The SMILES string of the molecule is Cc1cc(C)c(CCC(C)CNC2CC2)c(C)c1. The molecule has 1 aromatic rings. The Morgan fingerprint density at radius 3 is 2.33 bits per heavy atom. The molecule has 1 unspecified atom stereocenters. The summed E-state index contributed by atoms with van der Waals surface area (Å²) in [6, 6.07) is 5.47. The Balaban J connectivity index is 1.84. The van der Waals surface area contributed by atoms with Gasteiger partial charge in [0.25, 0.3) is 0 Å². The molecule has 1 atom stereocenters. The number of benzene rings is 1. The second-order valence-electron chi connectivity index (χ2n) is 6.20. The molecule has 1 fully saturated rings. The minimum atomic E-state index is 0.783. The van der Waals surface area contributed by atoms with E-state index in [1.165, 1.54) is 48.9 Å². The third-order valence-corrected chi connectivity index (χ3v) is 4.06. The van der Waals surface area contributed by atoms with Crippen molar-refractivity contribution in [1.29, 1.82) is 0 Å². The number of aryl methyl sites for hydroxylation is 3. The van der Waals surface area contributed by atoms with Crippen LogP contribution in [0.2, 0.25) is 0 Å². The number of hydrogen-bond donors (Lipinski definition) is 1. The average molecular weight is 245 g/mol. The van der Waals surface area contributed by atoms with E-state index in [-0.39, 0.29) is 0 Å². The van der Waals surface area contributed by atoms with Crippen LogP contribution in [0.5, 0.6) is 0 Å². The topological polar surface area (TPSA) is 12.0 Å². The number of rotatable bonds is 6. The summed E-state index contributed by atoms with van der Waals surface area (Å²) < 4.78 is 0. The van der Waals surface area contributed by atoms with Gasteiger partial charge in [-0.3, -0.25) is 0 Å². The fourth-order valence-corrected chi connectivity index (χ4v) is 2.75. The van der Waals surface area contributed by atoms with Crippen molar-refractivity contribution < 1.29 is 0 Å². The molecule has 1 N–H and O–H groups in total. The first-order valence-electron chi connectivity index (χ1n) is 7.36. The van der Waals surface area contributed by atoms with Gasteiger partial charge in [0.1, 0.15) is 0 Å². The van der Waals surface area contributed by atoms with Gasteiger partial charge < -0.3 is 5.32 Å². The van der Waals surface area contributed by atoms with Gasteiger partial charge in [-0.2, -0.15) is 0 Å². The highest BCUT2D eigenvalue weighted by Gasteiger charge is 2.20. The Bertz CT molecular complexity index is 381. The molecular weight excluding hydrogens is 218 g/mol. The van der Waals surface area contributed by atoms with Crippen LogP contribution in [0.1, 0.15) is 48.4 Å². The molecule has 1 heteroatoms. The summed E-state index contributed by atoms with van der Waals surface area (Å²) in [5.74, 6) is 0.783. The molecule has 0 aliphatic heterocycles. The van der Waals surface area contributed by atoms with Gasteiger partial charge in [0.05, 0.1) is 0 Å². The summed E-state index contributed by atoms with van der Waals surface area (Å²) >= 11 is 0. The van der Waals surface area contributed by atoms with Gasteiger partial charge >= 0.3 is 0 Å². The Morgan fingerprint density at radius 1 is 1.17 bits per heavy atom. The standard InChI is InChI=1S/C17H27N/c1-12(11-18-16-6-7-16)5-8-17-14(3)9-13(2)10-15(17)4/h9-10,12,16,18H,5-8,11H2,1-4H3. The smallest absolute Gasteiger partial charge is 0.00683 e. The highest BCUT2D eigenvalue weighted by atomic mass is 14.9. The van der Waals surface area contributed by atoms with E-state index in [1.807, 2.05) is 0 Å². The summed E-state index contributed by atoms with van der Waals surface area (Å²) in [4.78, 5) is 0. The summed E-state index contributed by atoms with van der Waals surface area (Å²) in [6.45, 7) is 10.2. The first kappa shape index (κ1) is 13.6. The van der Waals surface area contributed by atoms with Crippen LogP contribution in [0.25, 0.3) is 0 Å². The summed E-state index contributed by atoms with van der Waals surface area (Å²) in [5.41, 5.74) is 5.89. The molecule has 100 valence electrons. The summed E-state index contributed by atoms with van der Waals surface area (Å²) in [6.07, 6.45) is 5.31. The third kappa shape index (κ3) is 3.84. The van der Waals surface area contributed by atoms with Crippen molar-refractivity contribution in [2.24, 2.45) is 5.92 Å². The highest BCUT2D eigenvalue weighted by Crippen LogP contribution is 2.21. The zero-order chi connectivity index (χ0) is 13.1. The lowest BCUT2D eigenvalue weighted by Crippen LogP contribution is -2.23. The normalized spacial score (nSPS) is 16.9. The second kappa shape index (κ2) is 5.88. The summed E-state index contributed by atoms with van der Waals surface area (Å²) in [7, 11) is 0. The van der Waals surface area contributed by atoms with Crippen molar-refractivity contribution in [1.82, 2.24) is 5.32 Å². The zero-order valence-corrected chi connectivity index (χ0v) is 12.3. The first-order valence-corrected chi connectivity index (χ1v) is 7.36. The quantitative estimate of drug-likeness (QED) is 0.800. The number of hydrogen-bond acceptors (Lipinski definition) is 1. The van der Waals surface area contributed by atoms with Crippen LogP contribution in [-0.4, -0.2) is 12.6 Å². The van der Waals surface area contributed by atoms with E-state index in [1.54, 1.807) is 5.56 Å². The predicted molar refractivity (Wildman–Crippen MR) is 79.2 cm³/mol. The van der Waals surface area contributed by atoms with Crippen molar-refractivity contribution in [2.75, 3.05) is 6.54 Å². The Kier molecular flexibility index (Phi) is 4.45. The van der Waals surface area contributed by atoms with Crippen LogP contribution in [0.4, 0.5) is 0 Å². The average Bonchev–Trinajstić information content (AvgIpc) is 3.08. The molecule has 0 spiro atoms. The minimum absolute atomic E-state index is 0.783. The summed E-state index contributed by atoms with van der Waals surface area (Å²) in [5, 5.41) is 3.63. The number of nitrogens with one attached hydrogen (secondary N) is 1. The largest absolute Gasteiger partial charge is 0.314 e. The van der Waals surface area contributed by atoms with Crippen LogP contribution in [0, 0.1) is 26.7 Å². The van der Waals surface area contributed by atoms with Crippen molar-refractivity contribution in [2.45, 2.75) is 59.4 Å². The van der Waals surface area contributed by atoms with Gasteiger partial charge in [0.15, 0.2) is 0 Å². The molecule has 1 aliphatic carbocycles. The van der Waals surface area contributed by atoms with Gasteiger partial charge in [-0.1, -0.05) is 24.6 Å². The lowest BCUT2D eigenvalue weighted by molar-refractivity contribution is 0.479. The Labute approximate surface area is 112 Å². The van der Waals surface area contributed by atoms with Crippen LogP contribution in [0.15, 0.2) is 12.1 Å². The molecule has 1 aliphatic rings. The van der Waals surface area contributed by atoms with Crippen LogP contribution in [-0.2, 0) is 6.42 Å². The van der Waals surface area contributed by atoms with E-state index in [4.69, 9.17) is 0 Å². The molecular formula is C17H27N. The molecule has 0 heterocycles. The van der Waals surface area contributed by atoms with Gasteiger partial charge in [-0.05, 0) is 75.6 Å². The molecule has 1 aromatic carbocycles. The van der Waals surface area contributed by atoms with Crippen molar-refractivity contribution in [3.63, 3.8) is 0 Å². The predicted octanol–water partition coefficient (Wildman–Crippen LogP) is 3.93. The molecule has 18 heavy (non-hydrogen) atoms. The molecule has 1 saturated carbocycles. The first-order chi connectivity index (χ1) is 8.56. The van der Waals surface area contributed by atoms with Crippen molar-refractivity contribution >= 4 is 0 Å².